The number of carboxylic acids is 1. The van der Waals surface area contributed by atoms with Crippen molar-refractivity contribution in [2.45, 2.75) is 19.1 Å². The Morgan fingerprint density at radius 1 is 1.16 bits per heavy atom. The zero-order valence-electron chi connectivity index (χ0n) is 17.0. The zero-order valence-corrected chi connectivity index (χ0v) is 17.7. The smallest absolute Gasteiger partial charge is 0.410 e. The van der Waals surface area contributed by atoms with E-state index in [0.29, 0.717) is 35.0 Å². The first-order valence-corrected chi connectivity index (χ1v) is 10.3. The molecule has 0 saturated heterocycles. The van der Waals surface area contributed by atoms with Crippen LogP contribution in [-0.4, -0.2) is 45.2 Å². The van der Waals surface area contributed by atoms with Crippen molar-refractivity contribution in [2.75, 3.05) is 13.2 Å². The summed E-state index contributed by atoms with van der Waals surface area (Å²) in [7, 11) is 0. The number of carboxylic acid groups (broad SMARTS) is 1. The highest BCUT2D eigenvalue weighted by molar-refractivity contribution is 6.30. The van der Waals surface area contributed by atoms with Crippen molar-refractivity contribution < 1.29 is 24.2 Å². The standard InChI is InChI=1S/C23H20ClN3O5/c24-16-5-6-20(31-14-21(28)29)19(11-16)22-18-4-2-1-3-15(18)7-10-27(22)23(30)32-13-17-12-25-8-9-26-17/h1-6,8-9,11-12,22H,7,10,13-14H2,(H,28,29)/t22-/m0/s1. The summed E-state index contributed by atoms with van der Waals surface area (Å²) >= 11 is 6.27. The van der Waals surface area contributed by atoms with Crippen molar-refractivity contribution in [1.29, 1.82) is 0 Å². The van der Waals surface area contributed by atoms with Crippen LogP contribution in [0.25, 0.3) is 0 Å². The van der Waals surface area contributed by atoms with Gasteiger partial charge in [-0.25, -0.2) is 9.59 Å². The van der Waals surface area contributed by atoms with E-state index in [1.54, 1.807) is 29.3 Å². The van der Waals surface area contributed by atoms with E-state index < -0.39 is 24.7 Å². The summed E-state index contributed by atoms with van der Waals surface area (Å²) in [4.78, 5) is 33.9. The van der Waals surface area contributed by atoms with Gasteiger partial charge in [0.2, 0.25) is 0 Å². The number of ether oxygens (including phenoxy) is 2. The second-order valence-corrected chi connectivity index (χ2v) is 7.60. The first kappa shape index (κ1) is 21.6. The van der Waals surface area contributed by atoms with E-state index in [-0.39, 0.29) is 6.61 Å². The van der Waals surface area contributed by atoms with E-state index >= 15 is 0 Å². The van der Waals surface area contributed by atoms with Gasteiger partial charge in [-0.2, -0.15) is 0 Å². The maximum absolute atomic E-state index is 13.1. The second kappa shape index (κ2) is 9.65. The number of aliphatic carboxylic acids is 1. The Labute approximate surface area is 189 Å². The molecule has 1 amide bonds. The van der Waals surface area contributed by atoms with Gasteiger partial charge in [-0.1, -0.05) is 35.9 Å². The Hall–Kier alpha value is -3.65. The molecule has 1 aliphatic rings. The van der Waals surface area contributed by atoms with Gasteiger partial charge in [0.1, 0.15) is 12.4 Å². The third-order valence-electron chi connectivity index (χ3n) is 5.10. The number of hydrogen-bond donors (Lipinski definition) is 1. The van der Waals surface area contributed by atoms with Crippen LogP contribution in [0.2, 0.25) is 5.02 Å². The quantitative estimate of drug-likeness (QED) is 0.604. The molecule has 0 saturated carbocycles. The fourth-order valence-corrected chi connectivity index (χ4v) is 3.91. The van der Waals surface area contributed by atoms with E-state index in [2.05, 4.69) is 9.97 Å². The maximum Gasteiger partial charge on any atom is 0.410 e. The zero-order chi connectivity index (χ0) is 22.5. The molecule has 0 bridgehead atoms. The molecular weight excluding hydrogens is 434 g/mol. The molecular formula is C23H20ClN3O5. The van der Waals surface area contributed by atoms with E-state index in [9.17, 15) is 9.59 Å². The number of aromatic nitrogens is 2. The highest BCUT2D eigenvalue weighted by Gasteiger charge is 2.35. The molecule has 8 nitrogen and oxygen atoms in total. The fraction of sp³-hybridized carbons (Fsp3) is 0.217. The van der Waals surface area contributed by atoms with Crippen molar-refractivity contribution in [1.82, 2.24) is 14.9 Å². The van der Waals surface area contributed by atoms with Gasteiger partial charge in [-0.3, -0.25) is 14.9 Å². The number of halogens is 1. The van der Waals surface area contributed by atoms with Crippen LogP contribution in [-0.2, 0) is 22.6 Å². The molecule has 0 unspecified atom stereocenters. The summed E-state index contributed by atoms with van der Waals surface area (Å²) in [6.07, 6.45) is 4.73. The Balaban J connectivity index is 1.69. The summed E-state index contributed by atoms with van der Waals surface area (Å²) in [5.41, 5.74) is 3.10. The third kappa shape index (κ3) is 4.81. The van der Waals surface area contributed by atoms with Gasteiger partial charge in [0.25, 0.3) is 0 Å². The molecule has 0 aliphatic carbocycles. The van der Waals surface area contributed by atoms with Crippen LogP contribution in [0.3, 0.4) is 0 Å². The van der Waals surface area contributed by atoms with Gasteiger partial charge in [-0.15, -0.1) is 0 Å². The van der Waals surface area contributed by atoms with E-state index in [0.717, 1.165) is 11.1 Å². The Kier molecular flexibility index (Phi) is 6.51. The molecule has 1 aliphatic heterocycles. The lowest BCUT2D eigenvalue weighted by Crippen LogP contribution is -2.41. The van der Waals surface area contributed by atoms with Crippen LogP contribution in [0.5, 0.6) is 5.75 Å². The summed E-state index contributed by atoms with van der Waals surface area (Å²) in [5, 5.41) is 9.50. The molecule has 164 valence electrons. The lowest BCUT2D eigenvalue weighted by molar-refractivity contribution is -0.139. The number of rotatable bonds is 6. The molecule has 0 radical (unpaired) electrons. The SMILES string of the molecule is O=C(O)COc1ccc(Cl)cc1[C@@H]1c2ccccc2CCN1C(=O)OCc1cnccn1. The van der Waals surface area contributed by atoms with Gasteiger partial charge >= 0.3 is 12.1 Å². The van der Waals surface area contributed by atoms with Crippen LogP contribution >= 0.6 is 11.6 Å². The minimum absolute atomic E-state index is 0.0184. The van der Waals surface area contributed by atoms with Crippen LogP contribution < -0.4 is 4.74 Å². The first-order chi connectivity index (χ1) is 15.5. The van der Waals surface area contributed by atoms with E-state index in [1.165, 1.54) is 12.4 Å². The highest BCUT2D eigenvalue weighted by Crippen LogP contribution is 2.40. The summed E-state index contributed by atoms with van der Waals surface area (Å²) < 4.78 is 11.0. The molecule has 1 N–H and O–H groups in total. The predicted octanol–water partition coefficient (Wildman–Crippen LogP) is 3.88. The van der Waals surface area contributed by atoms with Gasteiger partial charge in [0.15, 0.2) is 6.61 Å². The normalized spacial score (nSPS) is 15.0. The topological polar surface area (TPSA) is 102 Å². The average Bonchev–Trinajstić information content (AvgIpc) is 2.81. The van der Waals surface area contributed by atoms with Crippen LogP contribution in [0, 0.1) is 0 Å². The second-order valence-electron chi connectivity index (χ2n) is 7.16. The molecule has 1 atom stereocenters. The molecule has 32 heavy (non-hydrogen) atoms. The van der Waals surface area contributed by atoms with Crippen molar-refractivity contribution in [2.24, 2.45) is 0 Å². The first-order valence-electron chi connectivity index (χ1n) is 9.93. The van der Waals surface area contributed by atoms with Crippen molar-refractivity contribution in [3.63, 3.8) is 0 Å². The van der Waals surface area contributed by atoms with E-state index in [4.69, 9.17) is 26.2 Å². The Morgan fingerprint density at radius 3 is 2.78 bits per heavy atom. The van der Waals surface area contributed by atoms with Crippen LogP contribution in [0.15, 0.2) is 61.1 Å². The van der Waals surface area contributed by atoms with Gasteiger partial charge in [-0.05, 0) is 35.7 Å². The van der Waals surface area contributed by atoms with Crippen molar-refractivity contribution >= 4 is 23.7 Å². The van der Waals surface area contributed by atoms with Gasteiger partial charge in [0, 0.05) is 29.5 Å². The molecule has 3 aromatic rings. The molecule has 2 heterocycles. The lowest BCUT2D eigenvalue weighted by Gasteiger charge is -2.37. The fourth-order valence-electron chi connectivity index (χ4n) is 3.73. The monoisotopic (exact) mass is 453 g/mol. The number of benzene rings is 2. The van der Waals surface area contributed by atoms with Crippen molar-refractivity contribution in [3.05, 3.63) is 88.5 Å². The maximum atomic E-state index is 13.1. The minimum atomic E-state index is -1.10. The van der Waals surface area contributed by atoms with E-state index in [1.807, 2.05) is 24.3 Å². The summed E-state index contributed by atoms with van der Waals surface area (Å²) in [6, 6.07) is 12.1. The van der Waals surface area contributed by atoms with Crippen LogP contribution in [0.4, 0.5) is 4.79 Å². The molecule has 2 aromatic carbocycles. The summed E-state index contributed by atoms with van der Waals surface area (Å²) in [6.45, 7) is -0.124. The van der Waals surface area contributed by atoms with Crippen LogP contribution in [0.1, 0.15) is 28.4 Å². The predicted molar refractivity (Wildman–Crippen MR) is 115 cm³/mol. The average molecular weight is 454 g/mol. The molecule has 0 fully saturated rings. The Morgan fingerprint density at radius 2 is 2.00 bits per heavy atom. The highest BCUT2D eigenvalue weighted by atomic mass is 35.5. The largest absolute Gasteiger partial charge is 0.482 e. The number of fused-ring (bicyclic) bond motifs is 1. The molecule has 0 spiro atoms. The van der Waals surface area contributed by atoms with Gasteiger partial charge in [0.05, 0.1) is 17.9 Å². The third-order valence-corrected chi connectivity index (χ3v) is 5.33. The minimum Gasteiger partial charge on any atom is -0.482 e. The number of amides is 1. The number of nitrogens with zero attached hydrogens (tertiary/aromatic N) is 3. The van der Waals surface area contributed by atoms with Gasteiger partial charge < -0.3 is 14.6 Å². The number of hydrogen-bond acceptors (Lipinski definition) is 6. The molecule has 4 rings (SSSR count). The van der Waals surface area contributed by atoms with Crippen molar-refractivity contribution in [3.8, 4) is 5.75 Å². The molecule has 1 aromatic heterocycles. The molecule has 9 heteroatoms. The lowest BCUT2D eigenvalue weighted by atomic mass is 9.88. The Bertz CT molecular complexity index is 1130. The number of carbonyl (C=O) groups is 2. The number of carbonyl (C=O) groups excluding carboxylic acids is 1. The summed E-state index contributed by atoms with van der Waals surface area (Å²) in [5.74, 6) is -0.764.